The van der Waals surface area contributed by atoms with Crippen LogP contribution in [0.15, 0.2) is 28.7 Å². The predicted octanol–water partition coefficient (Wildman–Crippen LogP) is 2.04. The van der Waals surface area contributed by atoms with Crippen molar-refractivity contribution in [3.63, 3.8) is 0 Å². The molecule has 21 heavy (non-hydrogen) atoms. The summed E-state index contributed by atoms with van der Waals surface area (Å²) in [6.07, 6.45) is 2.46. The predicted molar refractivity (Wildman–Crippen MR) is 74.8 cm³/mol. The number of carbonyl (C=O) groups is 2. The van der Waals surface area contributed by atoms with Gasteiger partial charge in [-0.05, 0) is 30.2 Å². The molecule has 7 heteroatoms. The van der Waals surface area contributed by atoms with Gasteiger partial charge in [-0.25, -0.2) is 4.79 Å². The lowest BCUT2D eigenvalue weighted by atomic mass is 10.0. The highest BCUT2D eigenvalue weighted by Gasteiger charge is 2.13. The smallest absolute Gasteiger partial charge is 0.328 e. The minimum Gasteiger partial charge on any atom is -0.478 e. The van der Waals surface area contributed by atoms with Gasteiger partial charge in [0.05, 0.1) is 0 Å². The van der Waals surface area contributed by atoms with Gasteiger partial charge in [0.1, 0.15) is 0 Å². The van der Waals surface area contributed by atoms with Crippen molar-refractivity contribution in [3.05, 3.63) is 46.9 Å². The van der Waals surface area contributed by atoms with E-state index in [4.69, 9.17) is 9.52 Å². The molecule has 0 aliphatic carbocycles. The summed E-state index contributed by atoms with van der Waals surface area (Å²) >= 11 is 0. The molecule has 1 aromatic carbocycles. The number of carboxylic acid groups (broad SMARTS) is 1. The number of nitrogens with one attached hydrogen (secondary N) is 1. The highest BCUT2D eigenvalue weighted by atomic mass is 16.4. The Hall–Kier alpha value is -2.96. The minimum atomic E-state index is -1.05. The van der Waals surface area contributed by atoms with Crippen LogP contribution in [0.3, 0.4) is 0 Å². The number of amides is 1. The third kappa shape index (κ3) is 3.53. The lowest BCUT2D eigenvalue weighted by molar-refractivity contribution is -0.131. The second kappa shape index (κ2) is 6.00. The molecule has 0 aliphatic heterocycles. The van der Waals surface area contributed by atoms with Gasteiger partial charge in [0, 0.05) is 18.6 Å². The van der Waals surface area contributed by atoms with Crippen molar-refractivity contribution >= 4 is 24.0 Å². The molecule has 1 heterocycles. The molecule has 0 saturated carbocycles. The number of hydrogen-bond acceptors (Lipinski definition) is 5. The first-order valence-electron chi connectivity index (χ1n) is 6.09. The Kier molecular flexibility index (Phi) is 4.13. The zero-order valence-electron chi connectivity index (χ0n) is 11.5. The standard InChI is InChI=1S/C14H13N3O4/c1-8-10(6-7-12(18)19)4-3-5-11(8)13(20)15-14-17-16-9(2)21-14/h3-7H,1-2H3,(H,18,19)(H,15,17,20)/b7-6+. The van der Waals surface area contributed by atoms with E-state index in [0.717, 1.165) is 6.08 Å². The number of hydrogen-bond donors (Lipinski definition) is 2. The van der Waals surface area contributed by atoms with Crippen molar-refractivity contribution in [2.24, 2.45) is 0 Å². The molecule has 0 bridgehead atoms. The number of benzene rings is 1. The highest BCUT2D eigenvalue weighted by Crippen LogP contribution is 2.17. The summed E-state index contributed by atoms with van der Waals surface area (Å²) in [7, 11) is 0. The number of carbonyl (C=O) groups excluding carboxylic acids is 1. The molecule has 0 aliphatic rings. The Morgan fingerprint density at radius 3 is 2.67 bits per heavy atom. The van der Waals surface area contributed by atoms with Crippen molar-refractivity contribution < 1.29 is 19.1 Å². The molecular weight excluding hydrogens is 274 g/mol. The molecular formula is C14H13N3O4. The van der Waals surface area contributed by atoms with Crippen molar-refractivity contribution in [1.82, 2.24) is 10.2 Å². The van der Waals surface area contributed by atoms with Crippen LogP contribution in [0, 0.1) is 13.8 Å². The molecule has 0 atom stereocenters. The summed E-state index contributed by atoms with van der Waals surface area (Å²) < 4.78 is 5.08. The van der Waals surface area contributed by atoms with Crippen LogP contribution in [-0.4, -0.2) is 27.2 Å². The lowest BCUT2D eigenvalue weighted by Crippen LogP contribution is -2.14. The van der Waals surface area contributed by atoms with E-state index < -0.39 is 11.9 Å². The van der Waals surface area contributed by atoms with E-state index in [0.29, 0.717) is 22.6 Å². The van der Waals surface area contributed by atoms with Gasteiger partial charge in [-0.1, -0.05) is 17.2 Å². The number of aliphatic carboxylic acids is 1. The van der Waals surface area contributed by atoms with E-state index in [9.17, 15) is 9.59 Å². The largest absolute Gasteiger partial charge is 0.478 e. The maximum absolute atomic E-state index is 12.2. The van der Waals surface area contributed by atoms with Crippen LogP contribution >= 0.6 is 0 Å². The number of anilines is 1. The summed E-state index contributed by atoms with van der Waals surface area (Å²) in [5.74, 6) is -1.10. The number of nitrogens with zero attached hydrogens (tertiary/aromatic N) is 2. The first-order valence-corrected chi connectivity index (χ1v) is 6.09. The van der Waals surface area contributed by atoms with Gasteiger partial charge in [0.25, 0.3) is 5.91 Å². The molecule has 0 fully saturated rings. The quantitative estimate of drug-likeness (QED) is 0.833. The molecule has 0 spiro atoms. The molecule has 1 aromatic heterocycles. The summed E-state index contributed by atoms with van der Waals surface area (Å²) in [5.41, 5.74) is 1.70. The van der Waals surface area contributed by atoms with Crippen LogP contribution in [0.25, 0.3) is 6.08 Å². The maximum Gasteiger partial charge on any atom is 0.328 e. The lowest BCUT2D eigenvalue weighted by Gasteiger charge is -2.07. The third-order valence-corrected chi connectivity index (χ3v) is 2.77. The fourth-order valence-corrected chi connectivity index (χ4v) is 1.75. The summed E-state index contributed by atoms with van der Waals surface area (Å²) in [6.45, 7) is 3.35. The van der Waals surface area contributed by atoms with Crippen LogP contribution in [0.1, 0.15) is 27.4 Å². The van der Waals surface area contributed by atoms with Gasteiger partial charge < -0.3 is 9.52 Å². The molecule has 2 N–H and O–H groups in total. The first-order chi connectivity index (χ1) is 9.97. The Bertz CT molecular complexity index is 719. The number of rotatable bonds is 4. The first kappa shape index (κ1) is 14.4. The molecule has 2 aromatic rings. The minimum absolute atomic E-state index is 0.0170. The number of carboxylic acids is 1. The summed E-state index contributed by atoms with van der Waals surface area (Å²) in [6, 6.07) is 5.04. The molecule has 0 radical (unpaired) electrons. The Labute approximate surface area is 120 Å². The third-order valence-electron chi connectivity index (χ3n) is 2.77. The van der Waals surface area contributed by atoms with Gasteiger partial charge in [-0.15, -0.1) is 5.10 Å². The molecule has 1 amide bonds. The fraction of sp³-hybridized carbons (Fsp3) is 0.143. The molecule has 7 nitrogen and oxygen atoms in total. The van der Waals surface area contributed by atoms with Gasteiger partial charge >= 0.3 is 12.0 Å². The Morgan fingerprint density at radius 2 is 2.05 bits per heavy atom. The normalized spacial score (nSPS) is 10.8. The van der Waals surface area contributed by atoms with Crippen LogP contribution in [0.2, 0.25) is 0 Å². The average Bonchev–Trinajstić information content (AvgIpc) is 2.82. The van der Waals surface area contributed by atoms with Gasteiger partial charge in [0.2, 0.25) is 5.89 Å². The number of aryl methyl sites for hydroxylation is 1. The van der Waals surface area contributed by atoms with E-state index in [1.807, 2.05) is 0 Å². The second-order valence-corrected chi connectivity index (χ2v) is 4.27. The molecule has 0 unspecified atom stereocenters. The van der Waals surface area contributed by atoms with E-state index >= 15 is 0 Å². The van der Waals surface area contributed by atoms with Crippen molar-refractivity contribution in [1.29, 1.82) is 0 Å². The van der Waals surface area contributed by atoms with Gasteiger partial charge in [-0.2, -0.15) is 0 Å². The van der Waals surface area contributed by atoms with E-state index in [1.165, 1.54) is 6.08 Å². The van der Waals surface area contributed by atoms with Gasteiger partial charge in [-0.3, -0.25) is 10.1 Å². The average molecular weight is 287 g/mol. The topological polar surface area (TPSA) is 105 Å². The van der Waals surface area contributed by atoms with Crippen LogP contribution in [-0.2, 0) is 4.79 Å². The summed E-state index contributed by atoms with van der Waals surface area (Å²) in [4.78, 5) is 22.7. The van der Waals surface area contributed by atoms with Crippen molar-refractivity contribution in [3.8, 4) is 0 Å². The molecule has 2 rings (SSSR count). The van der Waals surface area contributed by atoms with Crippen molar-refractivity contribution in [2.75, 3.05) is 5.32 Å². The SMILES string of the molecule is Cc1nnc(NC(=O)c2cccc(/C=C/C(=O)O)c2C)o1. The van der Waals surface area contributed by atoms with E-state index in [-0.39, 0.29) is 6.01 Å². The van der Waals surface area contributed by atoms with Crippen LogP contribution < -0.4 is 5.32 Å². The monoisotopic (exact) mass is 287 g/mol. The van der Waals surface area contributed by atoms with Crippen molar-refractivity contribution in [2.45, 2.75) is 13.8 Å². The molecule has 108 valence electrons. The maximum atomic E-state index is 12.2. The van der Waals surface area contributed by atoms with E-state index in [2.05, 4.69) is 15.5 Å². The second-order valence-electron chi connectivity index (χ2n) is 4.27. The Balaban J connectivity index is 2.25. The van der Waals surface area contributed by atoms with Crippen LogP contribution in [0.4, 0.5) is 6.01 Å². The van der Waals surface area contributed by atoms with Crippen LogP contribution in [0.5, 0.6) is 0 Å². The fourth-order valence-electron chi connectivity index (χ4n) is 1.75. The zero-order valence-corrected chi connectivity index (χ0v) is 11.5. The Morgan fingerprint density at radius 1 is 1.29 bits per heavy atom. The zero-order chi connectivity index (χ0) is 15.4. The van der Waals surface area contributed by atoms with E-state index in [1.54, 1.807) is 32.0 Å². The summed E-state index contributed by atoms with van der Waals surface area (Å²) in [5, 5.41) is 18.4. The highest BCUT2D eigenvalue weighted by molar-refractivity contribution is 6.04. The van der Waals surface area contributed by atoms with Gasteiger partial charge in [0.15, 0.2) is 0 Å². The number of aromatic nitrogens is 2. The molecule has 0 saturated heterocycles.